The molecular weight excluding hydrogens is 533 g/mol. The van der Waals surface area contributed by atoms with Gasteiger partial charge in [-0.15, -0.1) is 0 Å². The van der Waals surface area contributed by atoms with E-state index in [9.17, 15) is 18.0 Å². The molecule has 2 aliphatic heterocycles. The van der Waals surface area contributed by atoms with Crippen molar-refractivity contribution < 1.29 is 27.4 Å². The van der Waals surface area contributed by atoms with Crippen LogP contribution in [-0.2, 0) is 16.0 Å². The fourth-order valence-corrected chi connectivity index (χ4v) is 5.44. The Morgan fingerprint density at radius 2 is 1.95 bits per heavy atom. The lowest BCUT2D eigenvalue weighted by molar-refractivity contribution is -0.156. The number of aromatic nitrogens is 2. The second kappa shape index (κ2) is 11.3. The highest BCUT2D eigenvalue weighted by molar-refractivity contribution is 5.97. The Morgan fingerprint density at radius 1 is 1.20 bits per heavy atom. The summed E-state index contributed by atoms with van der Waals surface area (Å²) in [6.07, 6.45) is 0.598. The number of hydrogen-bond donors (Lipinski definition) is 1. The van der Waals surface area contributed by atoms with Crippen molar-refractivity contribution in [3.63, 3.8) is 0 Å². The van der Waals surface area contributed by atoms with E-state index in [1.54, 1.807) is 13.8 Å². The lowest BCUT2D eigenvalue weighted by Crippen LogP contribution is -2.37. The first kappa shape index (κ1) is 28.9. The summed E-state index contributed by atoms with van der Waals surface area (Å²) in [4.78, 5) is 23.7. The Balaban J connectivity index is 1.47. The maximum atomic E-state index is 14.9. The second-order valence-electron chi connectivity index (χ2n) is 11.6. The van der Waals surface area contributed by atoms with Crippen LogP contribution in [0, 0.1) is 12.7 Å². The molecule has 0 saturated carbocycles. The van der Waals surface area contributed by atoms with E-state index in [-0.39, 0.29) is 18.1 Å². The van der Waals surface area contributed by atoms with Crippen LogP contribution in [0.4, 0.5) is 19.0 Å². The fraction of sp³-hybridized carbons (Fsp3) is 0.452. The highest BCUT2D eigenvalue weighted by atomic mass is 19.3. The average molecular weight is 569 g/mol. The third kappa shape index (κ3) is 6.17. The molecule has 1 atom stereocenters. The van der Waals surface area contributed by atoms with E-state index in [2.05, 4.69) is 16.4 Å². The van der Waals surface area contributed by atoms with Crippen molar-refractivity contribution in [3.8, 4) is 5.75 Å². The van der Waals surface area contributed by atoms with Gasteiger partial charge in [0.25, 0.3) is 6.43 Å². The van der Waals surface area contributed by atoms with Crippen LogP contribution in [0.5, 0.6) is 5.75 Å². The number of aryl methyl sites for hydroxylation is 1. The number of esters is 1. The molecule has 0 aliphatic carbocycles. The van der Waals surface area contributed by atoms with Crippen molar-refractivity contribution in [3.05, 3.63) is 64.2 Å². The van der Waals surface area contributed by atoms with E-state index in [0.717, 1.165) is 39.4 Å². The van der Waals surface area contributed by atoms with Gasteiger partial charge < -0.3 is 14.8 Å². The number of alkyl halides is 2. The van der Waals surface area contributed by atoms with Gasteiger partial charge in [-0.3, -0.25) is 9.69 Å². The predicted octanol–water partition coefficient (Wildman–Crippen LogP) is 6.55. The van der Waals surface area contributed by atoms with Crippen LogP contribution < -0.4 is 10.1 Å². The van der Waals surface area contributed by atoms with E-state index in [0.29, 0.717) is 44.2 Å². The fourth-order valence-electron chi connectivity index (χ4n) is 5.44. The summed E-state index contributed by atoms with van der Waals surface area (Å²) in [6.45, 7) is 11.1. The van der Waals surface area contributed by atoms with Gasteiger partial charge in [0.1, 0.15) is 28.8 Å². The molecular formula is C31H35F3N4O3. The molecule has 3 heterocycles. The van der Waals surface area contributed by atoms with Crippen LogP contribution in [0.2, 0.25) is 0 Å². The van der Waals surface area contributed by atoms with Gasteiger partial charge in [0, 0.05) is 41.6 Å². The molecule has 2 aromatic carbocycles. The molecule has 0 spiro atoms. The number of ether oxygens (including phenoxy) is 2. The topological polar surface area (TPSA) is 76.6 Å². The molecule has 1 N–H and O–H groups in total. The Bertz CT molecular complexity index is 1520. The number of benzene rings is 2. The minimum Gasteiger partial charge on any atom is -0.492 e. The van der Waals surface area contributed by atoms with Gasteiger partial charge >= 0.3 is 5.97 Å². The zero-order chi connectivity index (χ0) is 29.5. The number of nitrogens with one attached hydrogen (secondary N) is 1. The summed E-state index contributed by atoms with van der Waals surface area (Å²) in [5, 5.41) is 4.02. The Labute approximate surface area is 237 Å². The summed E-state index contributed by atoms with van der Waals surface area (Å²) in [7, 11) is 0. The molecule has 218 valence electrons. The third-order valence-corrected chi connectivity index (χ3v) is 7.27. The summed E-state index contributed by atoms with van der Waals surface area (Å²) in [6, 6.07) is 5.40. The molecule has 10 heteroatoms. The first-order valence-corrected chi connectivity index (χ1v) is 13.8. The minimum absolute atomic E-state index is 0.136. The molecule has 1 aromatic heterocycles. The number of fused-ring (bicyclic) bond motifs is 3. The van der Waals surface area contributed by atoms with Gasteiger partial charge in [0.05, 0.1) is 30.3 Å². The summed E-state index contributed by atoms with van der Waals surface area (Å²) in [5.41, 5.74) is 2.77. The second-order valence-corrected chi connectivity index (χ2v) is 11.6. The molecule has 5 rings (SSSR count). The van der Waals surface area contributed by atoms with E-state index in [1.807, 2.05) is 31.7 Å². The van der Waals surface area contributed by atoms with Gasteiger partial charge in [-0.25, -0.2) is 23.1 Å². The monoisotopic (exact) mass is 568 g/mol. The standard InChI is InChI=1S/C31H35F3N4O3/c1-17(20-7-6-8-21(26(20)32)29(33)34)35-30-24-15-23(28-22(11-14-40-28)27(24)36-18(2)37-30)19-9-12-38(13-10-19)16-25(39)41-31(3,4)5/h6-9,15,17,29H,10-14,16H2,1-5H3,(H,35,36,37)/t17-/m1/s1. The highest BCUT2D eigenvalue weighted by Crippen LogP contribution is 2.42. The molecule has 2 aliphatic rings. The number of carbonyl (C=O) groups is 1. The van der Waals surface area contributed by atoms with Gasteiger partial charge in [0.15, 0.2) is 0 Å². The Morgan fingerprint density at radius 3 is 2.63 bits per heavy atom. The predicted molar refractivity (Wildman–Crippen MR) is 152 cm³/mol. The molecule has 0 unspecified atom stereocenters. The first-order chi connectivity index (χ1) is 19.4. The normalized spacial score (nSPS) is 16.4. The largest absolute Gasteiger partial charge is 0.492 e. The number of carbonyl (C=O) groups excluding carboxylic acids is 1. The van der Waals surface area contributed by atoms with Crippen LogP contribution in [0.3, 0.4) is 0 Å². The van der Waals surface area contributed by atoms with Crippen molar-refractivity contribution in [1.29, 1.82) is 0 Å². The summed E-state index contributed by atoms with van der Waals surface area (Å²) < 4.78 is 53.2. The van der Waals surface area contributed by atoms with E-state index < -0.39 is 29.4 Å². The SMILES string of the molecule is Cc1nc(N[C@H](C)c2cccc(C(F)F)c2F)c2cc(C3=CCN(CC(=O)OC(C)(C)C)CC3)c3c(c2n1)CCO3. The number of anilines is 1. The van der Waals surface area contributed by atoms with Crippen molar-refractivity contribution in [2.45, 2.75) is 65.5 Å². The molecule has 0 fully saturated rings. The lowest BCUT2D eigenvalue weighted by atomic mass is 9.93. The van der Waals surface area contributed by atoms with Crippen molar-refractivity contribution in [2.24, 2.45) is 0 Å². The van der Waals surface area contributed by atoms with Gasteiger partial charge in [-0.1, -0.05) is 24.3 Å². The minimum atomic E-state index is -2.90. The quantitative estimate of drug-likeness (QED) is 0.324. The average Bonchev–Trinajstić information content (AvgIpc) is 3.38. The van der Waals surface area contributed by atoms with Crippen LogP contribution >= 0.6 is 0 Å². The molecule has 0 amide bonds. The molecule has 0 saturated heterocycles. The number of rotatable bonds is 7. The molecule has 41 heavy (non-hydrogen) atoms. The number of halogens is 3. The first-order valence-electron chi connectivity index (χ1n) is 13.8. The molecule has 7 nitrogen and oxygen atoms in total. The molecule has 3 aromatic rings. The van der Waals surface area contributed by atoms with Crippen LogP contribution in [-0.4, -0.2) is 52.7 Å². The maximum Gasteiger partial charge on any atom is 0.320 e. The van der Waals surface area contributed by atoms with Gasteiger partial charge in [0.2, 0.25) is 0 Å². The van der Waals surface area contributed by atoms with Crippen LogP contribution in [0.15, 0.2) is 30.3 Å². The molecule has 0 bridgehead atoms. The number of hydrogen-bond acceptors (Lipinski definition) is 7. The lowest BCUT2D eigenvalue weighted by Gasteiger charge is -2.28. The van der Waals surface area contributed by atoms with E-state index in [4.69, 9.17) is 14.5 Å². The van der Waals surface area contributed by atoms with Crippen molar-refractivity contribution in [2.75, 3.05) is 31.6 Å². The summed E-state index contributed by atoms with van der Waals surface area (Å²) >= 11 is 0. The highest BCUT2D eigenvalue weighted by Gasteiger charge is 2.28. The van der Waals surface area contributed by atoms with Crippen molar-refractivity contribution in [1.82, 2.24) is 14.9 Å². The zero-order valence-electron chi connectivity index (χ0n) is 24.0. The van der Waals surface area contributed by atoms with Gasteiger partial charge in [-0.2, -0.15) is 0 Å². The van der Waals surface area contributed by atoms with Gasteiger partial charge in [-0.05, 0) is 52.7 Å². The third-order valence-electron chi connectivity index (χ3n) is 7.27. The molecule has 0 radical (unpaired) electrons. The van der Waals surface area contributed by atoms with E-state index >= 15 is 0 Å². The maximum absolute atomic E-state index is 14.9. The van der Waals surface area contributed by atoms with Crippen molar-refractivity contribution >= 4 is 28.3 Å². The Kier molecular flexibility index (Phi) is 7.96. The van der Waals surface area contributed by atoms with Crippen LogP contribution in [0.25, 0.3) is 16.5 Å². The van der Waals surface area contributed by atoms with E-state index in [1.165, 1.54) is 12.1 Å². The smallest absolute Gasteiger partial charge is 0.320 e. The Hall–Kier alpha value is -3.66. The van der Waals surface area contributed by atoms with Crippen LogP contribution in [0.1, 0.15) is 74.7 Å². The number of nitrogens with zero attached hydrogens (tertiary/aromatic N) is 3. The zero-order valence-corrected chi connectivity index (χ0v) is 24.0. The summed E-state index contributed by atoms with van der Waals surface area (Å²) in [5.74, 6) is 0.663.